The summed E-state index contributed by atoms with van der Waals surface area (Å²) < 4.78 is 55.9. The summed E-state index contributed by atoms with van der Waals surface area (Å²) in [5.74, 6) is 0.733. The number of aryl methyl sites for hydroxylation is 2. The molecule has 0 N–H and O–H groups in total. The number of hydrogen-bond donors (Lipinski definition) is 0. The van der Waals surface area contributed by atoms with Gasteiger partial charge in [0.2, 0.25) is 0 Å². The highest BCUT2D eigenvalue weighted by Gasteiger charge is 2.32. The molecule has 3 rings (SSSR count). The Bertz CT molecular complexity index is 1200. The molecule has 9 heteroatoms. The van der Waals surface area contributed by atoms with Crippen LogP contribution < -0.4 is 9.47 Å². The Balaban J connectivity index is 1.78. The standard InChI is InChI=1S/C27H30F3NO4S/c1-7-21(23-17(4)31-24(36-23)18-9-11-19(12-10-18)27(28,29)30)34-20-13-14-22(16(3)15-20)35-26(5,6)25(32)33-8-2/h9-15,21H,7-8H2,1-6H3/t21-/m1/s1. The van der Waals surface area contributed by atoms with Crippen LogP contribution in [0.1, 0.15) is 61.9 Å². The minimum Gasteiger partial charge on any atom is -0.485 e. The number of carbonyl (C=O) groups excluding carboxylic acids is 1. The van der Waals surface area contributed by atoms with E-state index < -0.39 is 23.3 Å². The molecule has 1 atom stereocenters. The largest absolute Gasteiger partial charge is 0.485 e. The Morgan fingerprint density at radius 1 is 1.06 bits per heavy atom. The monoisotopic (exact) mass is 521 g/mol. The fourth-order valence-electron chi connectivity index (χ4n) is 3.55. The molecule has 0 aliphatic carbocycles. The molecule has 0 aliphatic rings. The van der Waals surface area contributed by atoms with Gasteiger partial charge in [-0.1, -0.05) is 19.1 Å². The van der Waals surface area contributed by atoms with Crippen molar-refractivity contribution in [2.45, 2.75) is 65.8 Å². The molecule has 194 valence electrons. The van der Waals surface area contributed by atoms with Gasteiger partial charge in [-0.25, -0.2) is 9.78 Å². The van der Waals surface area contributed by atoms with Gasteiger partial charge in [0.1, 0.15) is 22.6 Å². The van der Waals surface area contributed by atoms with E-state index in [4.69, 9.17) is 14.2 Å². The van der Waals surface area contributed by atoms with Crippen LogP contribution >= 0.6 is 11.3 Å². The number of rotatable bonds is 9. The highest BCUT2D eigenvalue weighted by molar-refractivity contribution is 7.15. The Kier molecular flexibility index (Phi) is 8.33. The molecule has 0 bridgehead atoms. The Labute approximate surface area is 213 Å². The van der Waals surface area contributed by atoms with Gasteiger partial charge in [0, 0.05) is 5.56 Å². The normalized spacial score (nSPS) is 12.8. The summed E-state index contributed by atoms with van der Waals surface area (Å²) in [6.45, 7) is 11.1. The van der Waals surface area contributed by atoms with Crippen molar-refractivity contribution in [2.24, 2.45) is 0 Å². The van der Waals surface area contributed by atoms with Crippen molar-refractivity contribution in [3.8, 4) is 22.1 Å². The van der Waals surface area contributed by atoms with Crippen molar-refractivity contribution >= 4 is 17.3 Å². The van der Waals surface area contributed by atoms with Gasteiger partial charge in [-0.2, -0.15) is 13.2 Å². The van der Waals surface area contributed by atoms with Gasteiger partial charge in [-0.3, -0.25) is 0 Å². The van der Waals surface area contributed by atoms with E-state index in [9.17, 15) is 18.0 Å². The van der Waals surface area contributed by atoms with Crippen LogP contribution in [0.15, 0.2) is 42.5 Å². The smallest absolute Gasteiger partial charge is 0.416 e. The first-order chi connectivity index (χ1) is 16.9. The molecule has 1 aromatic heterocycles. The zero-order valence-corrected chi connectivity index (χ0v) is 22.0. The fraction of sp³-hybridized carbons (Fsp3) is 0.407. The number of nitrogens with zero attached hydrogens (tertiary/aromatic N) is 1. The Morgan fingerprint density at radius 3 is 2.28 bits per heavy atom. The van der Waals surface area contributed by atoms with E-state index in [1.807, 2.05) is 26.8 Å². The molecule has 36 heavy (non-hydrogen) atoms. The lowest BCUT2D eigenvalue weighted by atomic mass is 10.1. The van der Waals surface area contributed by atoms with Crippen LogP contribution in [0, 0.1) is 13.8 Å². The van der Waals surface area contributed by atoms with Crippen LogP contribution in [-0.4, -0.2) is 23.2 Å². The van der Waals surface area contributed by atoms with Gasteiger partial charge in [-0.05, 0) is 76.9 Å². The lowest BCUT2D eigenvalue weighted by Gasteiger charge is -2.25. The van der Waals surface area contributed by atoms with Crippen LogP contribution in [0.3, 0.4) is 0 Å². The van der Waals surface area contributed by atoms with E-state index in [1.165, 1.54) is 23.5 Å². The molecule has 5 nitrogen and oxygen atoms in total. The maximum Gasteiger partial charge on any atom is 0.416 e. The van der Waals surface area contributed by atoms with E-state index in [1.54, 1.807) is 32.9 Å². The molecule has 0 amide bonds. The number of alkyl halides is 3. The van der Waals surface area contributed by atoms with Crippen molar-refractivity contribution in [3.05, 3.63) is 64.2 Å². The lowest BCUT2D eigenvalue weighted by molar-refractivity contribution is -0.158. The maximum absolute atomic E-state index is 12.9. The number of ether oxygens (including phenoxy) is 3. The first kappa shape index (κ1) is 27.5. The zero-order chi connectivity index (χ0) is 26.7. The second kappa shape index (κ2) is 10.9. The van der Waals surface area contributed by atoms with Crippen LogP contribution in [-0.2, 0) is 15.7 Å². The van der Waals surface area contributed by atoms with Gasteiger partial charge in [0.05, 0.1) is 22.7 Å². The van der Waals surface area contributed by atoms with Crippen molar-refractivity contribution in [3.63, 3.8) is 0 Å². The van der Waals surface area contributed by atoms with Gasteiger partial charge < -0.3 is 14.2 Å². The number of aromatic nitrogens is 1. The minimum atomic E-state index is -4.38. The van der Waals surface area contributed by atoms with Crippen LogP contribution in [0.4, 0.5) is 13.2 Å². The number of carbonyl (C=O) groups is 1. The summed E-state index contributed by atoms with van der Waals surface area (Å²) in [6.07, 6.45) is -3.99. The van der Waals surface area contributed by atoms with E-state index in [-0.39, 0.29) is 12.7 Å². The average molecular weight is 522 g/mol. The number of hydrogen-bond acceptors (Lipinski definition) is 6. The van der Waals surface area contributed by atoms with Gasteiger partial charge in [0.15, 0.2) is 5.60 Å². The molecular formula is C27H30F3NO4S. The summed E-state index contributed by atoms with van der Waals surface area (Å²) in [5, 5.41) is 0.638. The third-order valence-electron chi connectivity index (χ3n) is 5.51. The predicted octanol–water partition coefficient (Wildman–Crippen LogP) is 7.70. The second-order valence-corrected chi connectivity index (χ2v) is 9.85. The van der Waals surface area contributed by atoms with Gasteiger partial charge in [-0.15, -0.1) is 11.3 Å². The third kappa shape index (κ3) is 6.37. The Morgan fingerprint density at radius 2 is 1.72 bits per heavy atom. The number of esters is 1. The van der Waals surface area contributed by atoms with E-state index in [2.05, 4.69) is 4.98 Å². The molecule has 0 aliphatic heterocycles. The summed E-state index contributed by atoms with van der Waals surface area (Å²) in [4.78, 5) is 17.7. The molecular weight excluding hydrogens is 491 g/mol. The second-order valence-electron chi connectivity index (χ2n) is 8.82. The predicted molar refractivity (Wildman–Crippen MR) is 133 cm³/mol. The van der Waals surface area contributed by atoms with Crippen molar-refractivity contribution in [1.29, 1.82) is 0 Å². The molecule has 0 spiro atoms. The molecule has 0 fully saturated rings. The van der Waals surface area contributed by atoms with Crippen LogP contribution in [0.2, 0.25) is 0 Å². The van der Waals surface area contributed by atoms with Gasteiger partial charge in [0.25, 0.3) is 0 Å². The molecule has 3 aromatic rings. The van der Waals surface area contributed by atoms with E-state index in [0.717, 1.165) is 28.3 Å². The van der Waals surface area contributed by atoms with Crippen LogP contribution in [0.5, 0.6) is 11.5 Å². The minimum absolute atomic E-state index is 0.271. The zero-order valence-electron chi connectivity index (χ0n) is 21.2. The average Bonchev–Trinajstić information content (AvgIpc) is 3.20. The molecule has 0 radical (unpaired) electrons. The molecule has 0 saturated carbocycles. The highest BCUT2D eigenvalue weighted by Crippen LogP contribution is 2.38. The molecule has 0 unspecified atom stereocenters. The van der Waals surface area contributed by atoms with Crippen molar-refractivity contribution in [2.75, 3.05) is 6.61 Å². The quantitative estimate of drug-likeness (QED) is 0.270. The Hall–Kier alpha value is -3.07. The van der Waals surface area contributed by atoms with E-state index in [0.29, 0.717) is 28.5 Å². The highest BCUT2D eigenvalue weighted by atomic mass is 32.1. The summed E-state index contributed by atoms with van der Waals surface area (Å²) in [7, 11) is 0. The number of thiazole rings is 1. The first-order valence-corrected chi connectivity index (χ1v) is 12.5. The number of halogens is 3. The topological polar surface area (TPSA) is 57.7 Å². The van der Waals surface area contributed by atoms with Crippen LogP contribution in [0.25, 0.3) is 10.6 Å². The first-order valence-electron chi connectivity index (χ1n) is 11.6. The summed E-state index contributed by atoms with van der Waals surface area (Å²) in [5.41, 5.74) is 0.367. The molecule has 2 aromatic carbocycles. The summed E-state index contributed by atoms with van der Waals surface area (Å²) in [6, 6.07) is 10.4. The van der Waals surface area contributed by atoms with Gasteiger partial charge >= 0.3 is 12.1 Å². The van der Waals surface area contributed by atoms with E-state index >= 15 is 0 Å². The third-order valence-corrected chi connectivity index (χ3v) is 6.81. The maximum atomic E-state index is 12.9. The molecule has 1 heterocycles. The van der Waals surface area contributed by atoms with Crippen molar-refractivity contribution < 1.29 is 32.2 Å². The van der Waals surface area contributed by atoms with Crippen molar-refractivity contribution in [1.82, 2.24) is 4.98 Å². The molecule has 0 saturated heterocycles. The number of benzene rings is 2. The lowest BCUT2D eigenvalue weighted by Crippen LogP contribution is -2.39. The fourth-order valence-corrected chi connectivity index (χ4v) is 4.73. The summed E-state index contributed by atoms with van der Waals surface area (Å²) >= 11 is 1.41. The SMILES string of the molecule is CCOC(=O)C(C)(C)Oc1ccc(O[C@H](CC)c2sc(-c3ccc(C(F)(F)F)cc3)nc2C)cc1C.